The van der Waals surface area contributed by atoms with Crippen molar-refractivity contribution < 1.29 is 17.9 Å². The minimum absolute atomic E-state index is 0.199. The van der Waals surface area contributed by atoms with Gasteiger partial charge in [-0.1, -0.05) is 0 Å². The molecule has 0 aliphatic rings. The molecule has 7 heteroatoms. The SMILES string of the molecule is CN(CC(C)(C)O)c1ccc(S(N)(=O)=O)cc1F. The molecule has 0 heterocycles. The Kier molecular flexibility index (Phi) is 3.99. The molecule has 0 fully saturated rings. The number of primary sulfonamides is 1. The number of sulfonamides is 1. The molecule has 0 saturated carbocycles. The molecule has 0 aliphatic carbocycles. The van der Waals surface area contributed by atoms with Crippen LogP contribution in [0.5, 0.6) is 0 Å². The summed E-state index contributed by atoms with van der Waals surface area (Å²) in [6.07, 6.45) is 0. The lowest BCUT2D eigenvalue weighted by Gasteiger charge is -2.27. The quantitative estimate of drug-likeness (QED) is 0.847. The maximum absolute atomic E-state index is 13.8. The van der Waals surface area contributed by atoms with Gasteiger partial charge in [-0.15, -0.1) is 0 Å². The Morgan fingerprint density at radius 1 is 1.44 bits per heavy atom. The van der Waals surface area contributed by atoms with E-state index in [1.807, 2.05) is 0 Å². The summed E-state index contributed by atoms with van der Waals surface area (Å²) in [5.41, 5.74) is -0.788. The number of likely N-dealkylation sites (N-methyl/N-ethyl adjacent to an activating group) is 1. The van der Waals surface area contributed by atoms with E-state index in [0.717, 1.165) is 6.07 Å². The average Bonchev–Trinajstić information content (AvgIpc) is 2.12. The highest BCUT2D eigenvalue weighted by atomic mass is 32.2. The molecule has 0 amide bonds. The number of aliphatic hydroxyl groups is 1. The number of hydrogen-bond acceptors (Lipinski definition) is 4. The second-order valence-corrected chi connectivity index (χ2v) is 6.39. The summed E-state index contributed by atoms with van der Waals surface area (Å²) in [6, 6.07) is 3.42. The highest BCUT2D eigenvalue weighted by Gasteiger charge is 2.19. The third-order valence-corrected chi connectivity index (χ3v) is 3.19. The Labute approximate surface area is 106 Å². The third-order valence-electron chi connectivity index (χ3n) is 2.28. The number of halogens is 1. The standard InChI is InChI=1S/C11H17FN2O3S/c1-11(2,15)7-14(3)10-5-4-8(6-9(10)12)18(13,16)17/h4-6,15H,7H2,1-3H3,(H2,13,16,17). The van der Waals surface area contributed by atoms with Gasteiger partial charge in [0.15, 0.2) is 0 Å². The Hall–Kier alpha value is -1.18. The number of rotatable bonds is 4. The van der Waals surface area contributed by atoms with Crippen LogP contribution in [0.15, 0.2) is 23.1 Å². The number of benzene rings is 1. The smallest absolute Gasteiger partial charge is 0.238 e. The highest BCUT2D eigenvalue weighted by Crippen LogP contribution is 2.22. The lowest BCUT2D eigenvalue weighted by atomic mass is 10.1. The zero-order valence-corrected chi connectivity index (χ0v) is 11.3. The summed E-state index contributed by atoms with van der Waals surface area (Å²) in [5, 5.41) is 14.5. The van der Waals surface area contributed by atoms with Crippen LogP contribution in [0.4, 0.5) is 10.1 Å². The fraction of sp³-hybridized carbons (Fsp3) is 0.455. The summed E-state index contributed by atoms with van der Waals surface area (Å²) in [4.78, 5) is 1.22. The second kappa shape index (κ2) is 4.83. The highest BCUT2D eigenvalue weighted by molar-refractivity contribution is 7.89. The predicted molar refractivity (Wildman–Crippen MR) is 67.3 cm³/mol. The van der Waals surface area contributed by atoms with E-state index in [1.54, 1.807) is 20.9 Å². The van der Waals surface area contributed by atoms with Crippen LogP contribution in [0.2, 0.25) is 0 Å². The molecule has 0 aromatic heterocycles. The second-order valence-electron chi connectivity index (χ2n) is 4.83. The van der Waals surface area contributed by atoms with Crippen LogP contribution in [0.25, 0.3) is 0 Å². The van der Waals surface area contributed by atoms with E-state index >= 15 is 0 Å². The molecule has 5 nitrogen and oxygen atoms in total. The van der Waals surface area contributed by atoms with Crippen molar-refractivity contribution in [2.75, 3.05) is 18.5 Å². The van der Waals surface area contributed by atoms with Gasteiger partial charge < -0.3 is 10.0 Å². The molecule has 1 rings (SSSR count). The molecule has 0 unspecified atom stereocenters. The van der Waals surface area contributed by atoms with Gasteiger partial charge in [0.05, 0.1) is 16.2 Å². The maximum atomic E-state index is 13.8. The van der Waals surface area contributed by atoms with Gasteiger partial charge in [-0.05, 0) is 32.0 Å². The Morgan fingerprint density at radius 2 is 2.00 bits per heavy atom. The van der Waals surface area contributed by atoms with Gasteiger partial charge in [0.2, 0.25) is 10.0 Å². The number of anilines is 1. The van der Waals surface area contributed by atoms with E-state index in [4.69, 9.17) is 5.14 Å². The van der Waals surface area contributed by atoms with Crippen LogP contribution < -0.4 is 10.0 Å². The van der Waals surface area contributed by atoms with Crippen LogP contribution in [0, 0.1) is 5.82 Å². The van der Waals surface area contributed by atoms with Gasteiger partial charge in [-0.3, -0.25) is 0 Å². The van der Waals surface area contributed by atoms with Gasteiger partial charge in [-0.25, -0.2) is 17.9 Å². The zero-order valence-electron chi connectivity index (χ0n) is 10.5. The van der Waals surface area contributed by atoms with Gasteiger partial charge in [-0.2, -0.15) is 0 Å². The van der Waals surface area contributed by atoms with Gasteiger partial charge >= 0.3 is 0 Å². The van der Waals surface area contributed by atoms with E-state index in [9.17, 15) is 17.9 Å². The van der Waals surface area contributed by atoms with E-state index < -0.39 is 21.4 Å². The van der Waals surface area contributed by atoms with Crippen molar-refractivity contribution in [1.29, 1.82) is 0 Å². The van der Waals surface area contributed by atoms with Gasteiger partial charge in [0, 0.05) is 13.6 Å². The first kappa shape index (κ1) is 14.9. The maximum Gasteiger partial charge on any atom is 0.238 e. The molecule has 0 spiro atoms. The summed E-state index contributed by atoms with van der Waals surface area (Å²) in [5.74, 6) is -0.701. The first-order chi connectivity index (χ1) is 8.00. The van der Waals surface area contributed by atoms with E-state index in [0.29, 0.717) is 0 Å². The lowest BCUT2D eigenvalue weighted by Crippen LogP contribution is -2.36. The van der Waals surface area contributed by atoms with E-state index in [-0.39, 0.29) is 17.1 Å². The van der Waals surface area contributed by atoms with Crippen LogP contribution in [-0.2, 0) is 10.0 Å². The first-order valence-electron chi connectivity index (χ1n) is 5.26. The van der Waals surface area contributed by atoms with Crippen molar-refractivity contribution in [3.05, 3.63) is 24.0 Å². The Bertz CT molecular complexity index is 538. The van der Waals surface area contributed by atoms with Crippen molar-refractivity contribution in [2.45, 2.75) is 24.3 Å². The van der Waals surface area contributed by atoms with Gasteiger partial charge in [0.25, 0.3) is 0 Å². The van der Waals surface area contributed by atoms with Crippen molar-refractivity contribution in [3.8, 4) is 0 Å². The third kappa shape index (κ3) is 3.94. The summed E-state index contributed by atoms with van der Waals surface area (Å²) in [6.45, 7) is 3.40. The minimum Gasteiger partial charge on any atom is -0.389 e. The number of hydrogen-bond donors (Lipinski definition) is 2. The van der Waals surface area contributed by atoms with Crippen LogP contribution in [0.3, 0.4) is 0 Å². The van der Waals surface area contributed by atoms with Crippen molar-refractivity contribution in [3.63, 3.8) is 0 Å². The molecular formula is C11H17FN2O3S. The van der Waals surface area contributed by atoms with Crippen LogP contribution in [0.1, 0.15) is 13.8 Å². The largest absolute Gasteiger partial charge is 0.389 e. The molecule has 0 bridgehead atoms. The Balaban J connectivity index is 3.07. The molecule has 1 aromatic carbocycles. The van der Waals surface area contributed by atoms with Crippen molar-refractivity contribution in [1.82, 2.24) is 0 Å². The normalized spacial score (nSPS) is 12.6. The van der Waals surface area contributed by atoms with Crippen molar-refractivity contribution >= 4 is 15.7 Å². The molecule has 0 radical (unpaired) electrons. The van der Waals surface area contributed by atoms with Gasteiger partial charge in [0.1, 0.15) is 5.82 Å². The molecule has 18 heavy (non-hydrogen) atoms. The monoisotopic (exact) mass is 276 g/mol. The molecular weight excluding hydrogens is 259 g/mol. The van der Waals surface area contributed by atoms with Crippen molar-refractivity contribution in [2.24, 2.45) is 5.14 Å². The zero-order chi connectivity index (χ0) is 14.1. The first-order valence-corrected chi connectivity index (χ1v) is 6.81. The van der Waals surface area contributed by atoms with E-state index in [2.05, 4.69) is 0 Å². The minimum atomic E-state index is -3.91. The molecule has 3 N–H and O–H groups in total. The predicted octanol–water partition coefficient (Wildman–Crippen LogP) is 0.680. The number of nitrogens with two attached hydrogens (primary N) is 1. The Morgan fingerprint density at radius 3 is 2.39 bits per heavy atom. The molecule has 0 aliphatic heterocycles. The molecule has 102 valence electrons. The fourth-order valence-electron chi connectivity index (χ4n) is 1.64. The summed E-state index contributed by atoms with van der Waals surface area (Å²) >= 11 is 0. The summed E-state index contributed by atoms with van der Waals surface area (Å²) in [7, 11) is -2.31. The average molecular weight is 276 g/mol. The summed E-state index contributed by atoms with van der Waals surface area (Å²) < 4.78 is 35.9. The lowest BCUT2D eigenvalue weighted by molar-refractivity contribution is 0.0885. The molecule has 1 aromatic rings. The van der Waals surface area contributed by atoms with E-state index in [1.165, 1.54) is 17.0 Å². The fourth-order valence-corrected chi connectivity index (χ4v) is 2.17. The number of nitrogens with zero attached hydrogens (tertiary/aromatic N) is 1. The van der Waals surface area contributed by atoms with Crippen LogP contribution >= 0.6 is 0 Å². The molecule has 0 atom stereocenters. The topological polar surface area (TPSA) is 83.6 Å². The van der Waals surface area contributed by atoms with Crippen LogP contribution in [-0.4, -0.2) is 32.7 Å². The molecule has 0 saturated heterocycles.